The lowest BCUT2D eigenvalue weighted by Crippen LogP contribution is -2.64. The molecule has 2 atom stereocenters. The summed E-state index contributed by atoms with van der Waals surface area (Å²) >= 11 is 18.2. The molecule has 0 heterocycles. The Balaban J connectivity index is 1.80. The fraction of sp³-hybridized carbons (Fsp3) is 0.600. The van der Waals surface area contributed by atoms with Gasteiger partial charge in [-0.25, -0.2) is 0 Å². The summed E-state index contributed by atoms with van der Waals surface area (Å²) in [6.07, 6.45) is 7.11. The lowest BCUT2D eigenvalue weighted by atomic mass is 9.55. The van der Waals surface area contributed by atoms with Crippen LogP contribution in [-0.4, -0.2) is 12.1 Å². The number of benzene rings is 1. The standard InChI is InChI=1S/C15H18Cl3NO/c16-9-6-11(18)12(7-10(9)17)20-14-8-13(19)15(14)4-2-1-3-5-15/h6-7,13-14H,1-5,8,19H2. The predicted octanol–water partition coefficient (Wildman–Crippen LogP) is 5.08. The zero-order chi connectivity index (χ0) is 14.3. The van der Waals surface area contributed by atoms with Crippen LogP contribution in [0.25, 0.3) is 0 Å². The van der Waals surface area contributed by atoms with Crippen LogP contribution in [0.4, 0.5) is 0 Å². The summed E-state index contributed by atoms with van der Waals surface area (Å²) in [4.78, 5) is 0. The normalized spacial score (nSPS) is 28.2. The van der Waals surface area contributed by atoms with E-state index in [2.05, 4.69) is 0 Å². The van der Waals surface area contributed by atoms with Crippen molar-refractivity contribution in [2.75, 3.05) is 0 Å². The molecular formula is C15H18Cl3NO. The van der Waals surface area contributed by atoms with E-state index in [1.165, 1.54) is 19.3 Å². The molecule has 110 valence electrons. The Morgan fingerprint density at radius 3 is 2.30 bits per heavy atom. The molecule has 2 nitrogen and oxygen atoms in total. The minimum Gasteiger partial charge on any atom is -0.488 e. The summed E-state index contributed by atoms with van der Waals surface area (Å²) in [5.74, 6) is 0.614. The maximum absolute atomic E-state index is 6.26. The fourth-order valence-electron chi connectivity index (χ4n) is 3.59. The Bertz CT molecular complexity index is 514. The van der Waals surface area contributed by atoms with E-state index in [1.54, 1.807) is 12.1 Å². The van der Waals surface area contributed by atoms with E-state index < -0.39 is 0 Å². The molecule has 1 aromatic carbocycles. The lowest BCUT2D eigenvalue weighted by molar-refractivity contribution is -0.0897. The number of hydrogen-bond donors (Lipinski definition) is 1. The first-order valence-electron chi connectivity index (χ1n) is 7.10. The van der Waals surface area contributed by atoms with Crippen LogP contribution in [0.2, 0.25) is 15.1 Å². The van der Waals surface area contributed by atoms with Crippen LogP contribution in [0.5, 0.6) is 5.75 Å². The van der Waals surface area contributed by atoms with Crippen molar-refractivity contribution in [2.24, 2.45) is 11.1 Å². The van der Waals surface area contributed by atoms with Crippen molar-refractivity contribution in [1.82, 2.24) is 0 Å². The highest BCUT2D eigenvalue weighted by atomic mass is 35.5. The molecule has 0 saturated heterocycles. The van der Waals surface area contributed by atoms with E-state index in [1.807, 2.05) is 0 Å². The topological polar surface area (TPSA) is 35.2 Å². The van der Waals surface area contributed by atoms with E-state index in [9.17, 15) is 0 Å². The second-order valence-corrected chi connectivity index (χ2v) is 7.16. The second kappa shape index (κ2) is 5.57. The first-order valence-corrected chi connectivity index (χ1v) is 8.23. The molecule has 0 bridgehead atoms. The first-order chi connectivity index (χ1) is 9.53. The molecule has 5 heteroatoms. The van der Waals surface area contributed by atoms with Gasteiger partial charge in [0, 0.05) is 23.9 Å². The largest absolute Gasteiger partial charge is 0.488 e. The third-order valence-corrected chi connectivity index (χ3v) is 5.89. The highest BCUT2D eigenvalue weighted by Gasteiger charge is 2.55. The van der Waals surface area contributed by atoms with Crippen molar-refractivity contribution in [3.8, 4) is 5.75 Å². The van der Waals surface area contributed by atoms with Crippen molar-refractivity contribution in [2.45, 2.75) is 50.7 Å². The van der Waals surface area contributed by atoms with Gasteiger partial charge in [0.15, 0.2) is 0 Å². The van der Waals surface area contributed by atoms with Crippen molar-refractivity contribution in [1.29, 1.82) is 0 Å². The summed E-state index contributed by atoms with van der Waals surface area (Å²) in [7, 11) is 0. The summed E-state index contributed by atoms with van der Waals surface area (Å²) in [6.45, 7) is 0. The molecule has 2 aliphatic rings. The molecule has 0 aromatic heterocycles. The van der Waals surface area contributed by atoms with Gasteiger partial charge in [-0.15, -0.1) is 0 Å². The van der Waals surface area contributed by atoms with E-state index >= 15 is 0 Å². The van der Waals surface area contributed by atoms with E-state index in [0.717, 1.165) is 19.3 Å². The summed E-state index contributed by atoms with van der Waals surface area (Å²) in [5.41, 5.74) is 6.40. The van der Waals surface area contributed by atoms with E-state index in [4.69, 9.17) is 45.3 Å². The Kier molecular flexibility index (Phi) is 4.11. The summed E-state index contributed by atoms with van der Waals surface area (Å²) < 4.78 is 6.13. The minimum absolute atomic E-state index is 0.133. The molecule has 2 N–H and O–H groups in total. The van der Waals surface area contributed by atoms with Gasteiger partial charge < -0.3 is 10.5 Å². The van der Waals surface area contributed by atoms with E-state index in [-0.39, 0.29) is 17.6 Å². The van der Waals surface area contributed by atoms with Crippen molar-refractivity contribution in [3.63, 3.8) is 0 Å². The van der Waals surface area contributed by atoms with Gasteiger partial charge >= 0.3 is 0 Å². The number of nitrogens with two attached hydrogens (primary N) is 1. The molecule has 0 amide bonds. The third-order valence-electron chi connectivity index (χ3n) is 4.88. The molecule has 20 heavy (non-hydrogen) atoms. The van der Waals surface area contributed by atoms with Gasteiger partial charge in [-0.1, -0.05) is 54.1 Å². The minimum atomic E-state index is 0.133. The van der Waals surface area contributed by atoms with Crippen LogP contribution in [0, 0.1) is 5.41 Å². The average molecular weight is 335 g/mol. The van der Waals surface area contributed by atoms with Crippen molar-refractivity contribution < 1.29 is 4.74 Å². The average Bonchev–Trinajstić information content (AvgIpc) is 2.45. The Morgan fingerprint density at radius 1 is 1.00 bits per heavy atom. The first kappa shape index (κ1) is 14.8. The Labute approximate surface area is 134 Å². The number of hydrogen-bond acceptors (Lipinski definition) is 2. The highest BCUT2D eigenvalue weighted by Crippen LogP contribution is 2.53. The molecule has 3 rings (SSSR count). The number of halogens is 3. The molecule has 2 aliphatic carbocycles. The van der Waals surface area contributed by atoms with Crippen molar-refractivity contribution >= 4 is 34.8 Å². The van der Waals surface area contributed by atoms with Gasteiger partial charge in [-0.3, -0.25) is 0 Å². The Morgan fingerprint density at radius 2 is 1.65 bits per heavy atom. The van der Waals surface area contributed by atoms with Crippen LogP contribution in [0.1, 0.15) is 38.5 Å². The van der Waals surface area contributed by atoms with Gasteiger partial charge in [-0.05, 0) is 18.9 Å². The summed E-state index contributed by atoms with van der Waals surface area (Å²) in [6, 6.07) is 3.58. The van der Waals surface area contributed by atoms with Gasteiger partial charge in [-0.2, -0.15) is 0 Å². The SMILES string of the molecule is NC1CC(Oc2cc(Cl)c(Cl)cc2Cl)C12CCCCC2. The molecule has 0 radical (unpaired) electrons. The third kappa shape index (κ3) is 2.41. The lowest BCUT2D eigenvalue weighted by Gasteiger charge is -2.56. The molecular weight excluding hydrogens is 317 g/mol. The Hall–Kier alpha value is -0.150. The molecule has 0 aliphatic heterocycles. The smallest absolute Gasteiger partial charge is 0.139 e. The van der Waals surface area contributed by atoms with Crippen LogP contribution in [0.15, 0.2) is 12.1 Å². The second-order valence-electron chi connectivity index (χ2n) is 5.94. The van der Waals surface area contributed by atoms with Crippen LogP contribution in [0.3, 0.4) is 0 Å². The highest BCUT2D eigenvalue weighted by molar-refractivity contribution is 6.43. The molecule has 2 fully saturated rings. The van der Waals surface area contributed by atoms with Crippen LogP contribution < -0.4 is 10.5 Å². The monoisotopic (exact) mass is 333 g/mol. The van der Waals surface area contributed by atoms with Gasteiger partial charge in [0.05, 0.1) is 15.1 Å². The quantitative estimate of drug-likeness (QED) is 0.766. The predicted molar refractivity (Wildman–Crippen MR) is 84.0 cm³/mol. The zero-order valence-corrected chi connectivity index (χ0v) is 13.4. The number of rotatable bonds is 2. The maximum Gasteiger partial charge on any atom is 0.139 e. The molecule has 1 spiro atoms. The molecule has 2 unspecified atom stereocenters. The van der Waals surface area contributed by atoms with Crippen LogP contribution >= 0.6 is 34.8 Å². The van der Waals surface area contributed by atoms with Crippen LogP contribution in [-0.2, 0) is 0 Å². The van der Waals surface area contributed by atoms with Gasteiger partial charge in [0.25, 0.3) is 0 Å². The van der Waals surface area contributed by atoms with Crippen molar-refractivity contribution in [3.05, 3.63) is 27.2 Å². The molecule has 2 saturated carbocycles. The van der Waals surface area contributed by atoms with Gasteiger partial charge in [0.2, 0.25) is 0 Å². The number of ether oxygens (including phenoxy) is 1. The molecule has 1 aromatic rings. The summed E-state index contributed by atoms with van der Waals surface area (Å²) in [5, 5.41) is 1.42. The van der Waals surface area contributed by atoms with Gasteiger partial charge in [0.1, 0.15) is 11.9 Å². The maximum atomic E-state index is 6.26. The van der Waals surface area contributed by atoms with E-state index in [0.29, 0.717) is 20.8 Å². The zero-order valence-electron chi connectivity index (χ0n) is 11.2. The fourth-order valence-corrected chi connectivity index (χ4v) is 4.18.